The van der Waals surface area contributed by atoms with Crippen LogP contribution in [-0.4, -0.2) is 6.04 Å². The van der Waals surface area contributed by atoms with Crippen LogP contribution in [0.5, 0.6) is 0 Å². The Bertz CT molecular complexity index is 526. The van der Waals surface area contributed by atoms with Gasteiger partial charge in [0.2, 0.25) is 0 Å². The number of hydrogen-bond acceptors (Lipinski definition) is 1. The van der Waals surface area contributed by atoms with E-state index in [9.17, 15) is 0 Å². The van der Waals surface area contributed by atoms with E-state index in [1.807, 2.05) is 0 Å². The first-order valence-corrected chi connectivity index (χ1v) is 8.18. The van der Waals surface area contributed by atoms with Gasteiger partial charge >= 0.3 is 0 Å². The van der Waals surface area contributed by atoms with E-state index in [2.05, 4.69) is 72.5 Å². The van der Waals surface area contributed by atoms with Crippen molar-refractivity contribution < 1.29 is 0 Å². The van der Waals surface area contributed by atoms with Gasteiger partial charge < -0.3 is 4.90 Å². The lowest BCUT2D eigenvalue weighted by molar-refractivity contribution is 0.333. The second-order valence-corrected chi connectivity index (χ2v) is 6.36. The lowest BCUT2D eigenvalue weighted by atomic mass is 9.86. The van der Waals surface area contributed by atoms with Crippen LogP contribution in [0.3, 0.4) is 0 Å². The molecule has 0 radical (unpaired) electrons. The van der Waals surface area contributed by atoms with E-state index in [1.54, 1.807) is 0 Å². The van der Waals surface area contributed by atoms with Crippen LogP contribution in [0.15, 0.2) is 60.7 Å². The molecule has 1 heteroatoms. The Hall–Kier alpha value is -1.76. The first kappa shape index (κ1) is 14.2. The molecule has 0 aliphatic heterocycles. The molecule has 3 rings (SSSR count). The number of anilines is 1. The molecule has 0 amide bonds. The minimum Gasteiger partial charge on any atom is -0.364 e. The van der Waals surface area contributed by atoms with Crippen LogP contribution in [-0.2, 0) is 6.54 Å². The second-order valence-electron chi connectivity index (χ2n) is 6.36. The molecule has 2 aromatic rings. The Balaban J connectivity index is 1.81. The van der Waals surface area contributed by atoms with E-state index in [0.29, 0.717) is 6.04 Å². The van der Waals surface area contributed by atoms with Crippen LogP contribution >= 0.6 is 0 Å². The Morgan fingerprint density at radius 3 is 2.00 bits per heavy atom. The fraction of sp³-hybridized carbons (Fsp3) is 0.400. The van der Waals surface area contributed by atoms with Gasteiger partial charge in [-0.05, 0) is 49.3 Å². The number of nitrogens with zero attached hydrogens (tertiary/aromatic N) is 1. The molecule has 0 N–H and O–H groups in total. The van der Waals surface area contributed by atoms with Gasteiger partial charge in [0.25, 0.3) is 0 Å². The molecule has 110 valence electrons. The highest BCUT2D eigenvalue weighted by molar-refractivity contribution is 5.48. The topological polar surface area (TPSA) is 3.24 Å². The molecular formula is C20H25N. The van der Waals surface area contributed by atoms with E-state index < -0.39 is 0 Å². The van der Waals surface area contributed by atoms with Crippen LogP contribution in [0.2, 0.25) is 0 Å². The summed E-state index contributed by atoms with van der Waals surface area (Å²) in [5, 5.41) is 0. The molecule has 1 saturated carbocycles. The van der Waals surface area contributed by atoms with Crippen LogP contribution in [0.25, 0.3) is 0 Å². The number of hydrogen-bond donors (Lipinski definition) is 0. The maximum absolute atomic E-state index is 2.61. The summed E-state index contributed by atoms with van der Waals surface area (Å²) in [6.45, 7) is 3.41. The van der Waals surface area contributed by atoms with Gasteiger partial charge in [-0.15, -0.1) is 0 Å². The summed E-state index contributed by atoms with van der Waals surface area (Å²) in [5.74, 6) is 0.899. The zero-order valence-corrected chi connectivity index (χ0v) is 12.9. The summed E-state index contributed by atoms with van der Waals surface area (Å²) < 4.78 is 0. The molecule has 1 fully saturated rings. The molecule has 0 unspecified atom stereocenters. The maximum Gasteiger partial charge on any atom is 0.0432 e. The Kier molecular flexibility index (Phi) is 4.59. The van der Waals surface area contributed by atoms with Crippen molar-refractivity contribution in [2.45, 2.75) is 45.2 Å². The van der Waals surface area contributed by atoms with Crippen molar-refractivity contribution in [3.05, 3.63) is 66.2 Å². The van der Waals surface area contributed by atoms with E-state index in [-0.39, 0.29) is 0 Å². The van der Waals surface area contributed by atoms with E-state index in [0.717, 1.165) is 12.5 Å². The fourth-order valence-electron chi connectivity index (χ4n) is 3.38. The highest BCUT2D eigenvalue weighted by Crippen LogP contribution is 2.31. The highest BCUT2D eigenvalue weighted by atomic mass is 15.2. The van der Waals surface area contributed by atoms with Crippen molar-refractivity contribution in [3.63, 3.8) is 0 Å². The standard InChI is InChI=1S/C20H25N/c1-17-12-14-20(15-13-17)21(19-10-6-3-7-11-19)16-18-8-4-2-5-9-18/h2-11,17,20H,12-16H2,1H3. The number of benzene rings is 2. The second kappa shape index (κ2) is 6.80. The summed E-state index contributed by atoms with van der Waals surface area (Å²) in [5.41, 5.74) is 2.76. The van der Waals surface area contributed by atoms with E-state index in [4.69, 9.17) is 0 Å². The van der Waals surface area contributed by atoms with Crippen LogP contribution in [0.1, 0.15) is 38.2 Å². The Labute approximate surface area is 128 Å². The largest absolute Gasteiger partial charge is 0.364 e. The maximum atomic E-state index is 2.61. The summed E-state index contributed by atoms with van der Waals surface area (Å²) >= 11 is 0. The summed E-state index contributed by atoms with van der Waals surface area (Å²) in [6, 6.07) is 22.4. The fourth-order valence-corrected chi connectivity index (χ4v) is 3.38. The zero-order chi connectivity index (χ0) is 14.5. The average Bonchev–Trinajstić information content (AvgIpc) is 2.55. The molecule has 1 aliphatic rings. The summed E-state index contributed by atoms with van der Waals surface area (Å²) in [4.78, 5) is 2.61. The first-order valence-electron chi connectivity index (χ1n) is 8.18. The Morgan fingerprint density at radius 2 is 1.38 bits per heavy atom. The third kappa shape index (κ3) is 3.66. The van der Waals surface area contributed by atoms with Crippen LogP contribution < -0.4 is 4.90 Å². The molecule has 0 aromatic heterocycles. The molecule has 0 spiro atoms. The van der Waals surface area contributed by atoms with Crippen LogP contribution in [0, 0.1) is 5.92 Å². The van der Waals surface area contributed by atoms with E-state index in [1.165, 1.54) is 36.9 Å². The predicted octanol–water partition coefficient (Wildman–Crippen LogP) is 5.27. The minimum absolute atomic E-state index is 0.684. The average molecular weight is 279 g/mol. The van der Waals surface area contributed by atoms with Crippen molar-refractivity contribution >= 4 is 5.69 Å². The van der Waals surface area contributed by atoms with Gasteiger partial charge in [-0.25, -0.2) is 0 Å². The molecule has 0 heterocycles. The molecule has 0 saturated heterocycles. The lowest BCUT2D eigenvalue weighted by Gasteiger charge is -2.38. The van der Waals surface area contributed by atoms with Crippen molar-refractivity contribution in [1.29, 1.82) is 0 Å². The van der Waals surface area contributed by atoms with Gasteiger partial charge in [-0.1, -0.05) is 55.5 Å². The molecule has 2 aromatic carbocycles. The van der Waals surface area contributed by atoms with Crippen molar-refractivity contribution in [2.75, 3.05) is 4.90 Å². The van der Waals surface area contributed by atoms with E-state index >= 15 is 0 Å². The van der Waals surface area contributed by atoms with Gasteiger partial charge in [-0.2, -0.15) is 0 Å². The van der Waals surface area contributed by atoms with Gasteiger partial charge in [0.1, 0.15) is 0 Å². The summed E-state index contributed by atoms with van der Waals surface area (Å²) in [6.07, 6.45) is 5.37. The van der Waals surface area contributed by atoms with Crippen molar-refractivity contribution in [3.8, 4) is 0 Å². The smallest absolute Gasteiger partial charge is 0.0432 e. The third-order valence-electron chi connectivity index (χ3n) is 4.71. The van der Waals surface area contributed by atoms with Crippen molar-refractivity contribution in [2.24, 2.45) is 5.92 Å². The van der Waals surface area contributed by atoms with Gasteiger partial charge in [0, 0.05) is 18.3 Å². The monoisotopic (exact) mass is 279 g/mol. The number of rotatable bonds is 4. The molecule has 1 aliphatic carbocycles. The lowest BCUT2D eigenvalue weighted by Crippen LogP contribution is -2.37. The van der Waals surface area contributed by atoms with Gasteiger partial charge in [0.05, 0.1) is 0 Å². The SMILES string of the molecule is CC1CCC(N(Cc2ccccc2)c2ccccc2)CC1. The Morgan fingerprint density at radius 1 is 0.810 bits per heavy atom. The quantitative estimate of drug-likeness (QED) is 0.736. The third-order valence-corrected chi connectivity index (χ3v) is 4.71. The number of para-hydroxylation sites is 1. The first-order chi connectivity index (χ1) is 10.3. The highest BCUT2D eigenvalue weighted by Gasteiger charge is 2.24. The molecule has 0 bridgehead atoms. The minimum atomic E-state index is 0.684. The molecular weight excluding hydrogens is 254 g/mol. The predicted molar refractivity (Wildman–Crippen MR) is 90.5 cm³/mol. The zero-order valence-electron chi connectivity index (χ0n) is 12.9. The van der Waals surface area contributed by atoms with Crippen molar-refractivity contribution in [1.82, 2.24) is 0 Å². The molecule has 0 atom stereocenters. The summed E-state index contributed by atoms with van der Waals surface area (Å²) in [7, 11) is 0. The van der Waals surface area contributed by atoms with Crippen LogP contribution in [0.4, 0.5) is 5.69 Å². The molecule has 21 heavy (non-hydrogen) atoms. The molecule has 1 nitrogen and oxygen atoms in total. The normalized spacial score (nSPS) is 22.0. The van der Waals surface area contributed by atoms with Gasteiger partial charge in [-0.3, -0.25) is 0 Å². The van der Waals surface area contributed by atoms with Gasteiger partial charge in [0.15, 0.2) is 0 Å².